The van der Waals surface area contributed by atoms with Crippen molar-refractivity contribution >= 4 is 5.82 Å². The Morgan fingerprint density at radius 1 is 1.57 bits per heavy atom. The van der Waals surface area contributed by atoms with Gasteiger partial charge in [0.15, 0.2) is 0 Å². The molecule has 3 nitrogen and oxygen atoms in total. The van der Waals surface area contributed by atoms with Crippen LogP contribution < -0.4 is 5.73 Å². The van der Waals surface area contributed by atoms with Crippen molar-refractivity contribution in [3.05, 3.63) is 23.9 Å². The highest BCUT2D eigenvalue weighted by atomic mass is 15.2. The number of hydrogen-bond donors (Lipinski definition) is 1. The van der Waals surface area contributed by atoms with Crippen LogP contribution in [0.1, 0.15) is 31.4 Å². The maximum atomic E-state index is 5.57. The number of rotatable bonds is 2. The van der Waals surface area contributed by atoms with Gasteiger partial charge in [0.2, 0.25) is 0 Å². The van der Waals surface area contributed by atoms with E-state index in [-0.39, 0.29) is 0 Å². The summed E-state index contributed by atoms with van der Waals surface area (Å²) in [6.07, 6.45) is 4.45. The number of nitrogen functional groups attached to an aromatic ring is 1. The molecule has 0 amide bonds. The number of hydrogen-bond acceptors (Lipinski definition) is 3. The smallest absolute Gasteiger partial charge is 0.123 e. The second-order valence-corrected chi connectivity index (χ2v) is 3.80. The first-order chi connectivity index (χ1) is 6.81. The Balaban J connectivity index is 2.17. The molecular weight excluding hydrogens is 174 g/mol. The zero-order valence-corrected chi connectivity index (χ0v) is 8.61. The summed E-state index contributed by atoms with van der Waals surface area (Å²) >= 11 is 0. The molecule has 0 spiro atoms. The summed E-state index contributed by atoms with van der Waals surface area (Å²) in [5.41, 5.74) is 6.87. The van der Waals surface area contributed by atoms with Gasteiger partial charge in [0.05, 0.1) is 0 Å². The van der Waals surface area contributed by atoms with Crippen LogP contribution in [0, 0.1) is 0 Å². The third-order valence-corrected chi connectivity index (χ3v) is 2.96. The molecule has 0 saturated carbocycles. The van der Waals surface area contributed by atoms with Crippen LogP contribution in [-0.4, -0.2) is 23.0 Å². The van der Waals surface area contributed by atoms with Crippen LogP contribution in [0.3, 0.4) is 0 Å². The number of nitrogens with two attached hydrogens (primary N) is 1. The molecule has 1 fully saturated rings. The fourth-order valence-electron chi connectivity index (χ4n) is 2.20. The summed E-state index contributed by atoms with van der Waals surface area (Å²) in [4.78, 5) is 6.64. The molecule has 1 atom stereocenters. The molecule has 14 heavy (non-hydrogen) atoms. The minimum Gasteiger partial charge on any atom is -0.384 e. The molecule has 3 heteroatoms. The molecule has 2 N–H and O–H groups in total. The first-order valence-electron chi connectivity index (χ1n) is 5.26. The van der Waals surface area contributed by atoms with Gasteiger partial charge in [-0.2, -0.15) is 0 Å². The van der Waals surface area contributed by atoms with Gasteiger partial charge >= 0.3 is 0 Å². The van der Waals surface area contributed by atoms with E-state index < -0.39 is 0 Å². The molecule has 0 radical (unpaired) electrons. The summed E-state index contributed by atoms with van der Waals surface area (Å²) in [5.74, 6) is 0.606. The van der Waals surface area contributed by atoms with Crippen LogP contribution in [0.15, 0.2) is 18.3 Å². The quantitative estimate of drug-likeness (QED) is 0.775. The van der Waals surface area contributed by atoms with Crippen molar-refractivity contribution in [3.63, 3.8) is 0 Å². The van der Waals surface area contributed by atoms with Crippen molar-refractivity contribution in [1.29, 1.82) is 0 Å². The molecule has 2 heterocycles. The molecule has 76 valence electrons. The molecule has 0 aromatic carbocycles. The number of likely N-dealkylation sites (tertiary alicyclic amines) is 1. The fourth-order valence-corrected chi connectivity index (χ4v) is 2.20. The van der Waals surface area contributed by atoms with Gasteiger partial charge in [0.25, 0.3) is 0 Å². The summed E-state index contributed by atoms with van der Waals surface area (Å²) in [6.45, 7) is 4.55. The van der Waals surface area contributed by atoms with E-state index in [1.807, 2.05) is 12.3 Å². The lowest BCUT2D eigenvalue weighted by Crippen LogP contribution is -2.22. The van der Waals surface area contributed by atoms with E-state index in [1.165, 1.54) is 24.9 Å². The van der Waals surface area contributed by atoms with Gasteiger partial charge < -0.3 is 5.73 Å². The Morgan fingerprint density at radius 2 is 2.43 bits per heavy atom. The number of nitrogens with zero attached hydrogens (tertiary/aromatic N) is 2. The first kappa shape index (κ1) is 9.46. The monoisotopic (exact) mass is 191 g/mol. The molecule has 1 saturated heterocycles. The summed E-state index contributed by atoms with van der Waals surface area (Å²) in [5, 5.41) is 0. The zero-order chi connectivity index (χ0) is 9.97. The Morgan fingerprint density at radius 3 is 3.07 bits per heavy atom. The van der Waals surface area contributed by atoms with Gasteiger partial charge in [0, 0.05) is 12.2 Å². The van der Waals surface area contributed by atoms with Crippen molar-refractivity contribution in [2.24, 2.45) is 0 Å². The van der Waals surface area contributed by atoms with Crippen molar-refractivity contribution in [1.82, 2.24) is 9.88 Å². The van der Waals surface area contributed by atoms with E-state index in [1.54, 1.807) is 0 Å². The number of pyridine rings is 1. The zero-order valence-electron chi connectivity index (χ0n) is 8.61. The van der Waals surface area contributed by atoms with E-state index in [4.69, 9.17) is 5.73 Å². The SMILES string of the molecule is CCN1CCC[C@H]1c1ccc(N)nc1. The van der Waals surface area contributed by atoms with Crippen LogP contribution in [0.2, 0.25) is 0 Å². The van der Waals surface area contributed by atoms with Crippen molar-refractivity contribution in [3.8, 4) is 0 Å². The van der Waals surface area contributed by atoms with Gasteiger partial charge in [-0.3, -0.25) is 4.90 Å². The third kappa shape index (κ3) is 1.73. The minimum atomic E-state index is 0.563. The molecule has 2 rings (SSSR count). The van der Waals surface area contributed by atoms with Crippen LogP contribution >= 0.6 is 0 Å². The highest BCUT2D eigenvalue weighted by Crippen LogP contribution is 2.30. The molecule has 1 aliphatic heterocycles. The van der Waals surface area contributed by atoms with Gasteiger partial charge in [0.1, 0.15) is 5.82 Å². The summed E-state index contributed by atoms with van der Waals surface area (Å²) < 4.78 is 0. The number of aromatic nitrogens is 1. The molecule has 1 aliphatic rings. The van der Waals surface area contributed by atoms with Crippen LogP contribution in [0.25, 0.3) is 0 Å². The lowest BCUT2D eigenvalue weighted by molar-refractivity contribution is 0.271. The largest absolute Gasteiger partial charge is 0.384 e. The van der Waals surface area contributed by atoms with Crippen LogP contribution in [-0.2, 0) is 0 Å². The van der Waals surface area contributed by atoms with Gasteiger partial charge in [-0.15, -0.1) is 0 Å². The highest BCUT2D eigenvalue weighted by molar-refractivity contribution is 5.30. The molecule has 1 aromatic heterocycles. The summed E-state index contributed by atoms with van der Waals surface area (Å²) in [6, 6.07) is 4.55. The second kappa shape index (κ2) is 3.96. The molecule has 0 aliphatic carbocycles. The number of anilines is 1. The van der Waals surface area contributed by atoms with E-state index in [0.717, 1.165) is 6.54 Å². The maximum Gasteiger partial charge on any atom is 0.123 e. The summed E-state index contributed by atoms with van der Waals surface area (Å²) in [7, 11) is 0. The predicted molar refractivity (Wildman–Crippen MR) is 57.9 cm³/mol. The average Bonchev–Trinajstić information content (AvgIpc) is 2.67. The normalized spacial score (nSPS) is 22.8. The first-order valence-corrected chi connectivity index (χ1v) is 5.26. The van der Waals surface area contributed by atoms with Crippen LogP contribution in [0.4, 0.5) is 5.82 Å². The van der Waals surface area contributed by atoms with Crippen molar-refractivity contribution in [2.75, 3.05) is 18.8 Å². The van der Waals surface area contributed by atoms with E-state index in [9.17, 15) is 0 Å². The van der Waals surface area contributed by atoms with E-state index in [0.29, 0.717) is 11.9 Å². The molecule has 0 unspecified atom stereocenters. The van der Waals surface area contributed by atoms with Crippen molar-refractivity contribution in [2.45, 2.75) is 25.8 Å². The Bertz CT molecular complexity index is 294. The Labute approximate surface area is 84.9 Å². The van der Waals surface area contributed by atoms with Gasteiger partial charge in [-0.25, -0.2) is 4.98 Å². The lowest BCUT2D eigenvalue weighted by atomic mass is 10.1. The second-order valence-electron chi connectivity index (χ2n) is 3.80. The van der Waals surface area contributed by atoms with Crippen LogP contribution in [0.5, 0.6) is 0 Å². The van der Waals surface area contributed by atoms with E-state index >= 15 is 0 Å². The standard InChI is InChI=1S/C11H17N3/c1-2-14-7-3-4-10(14)9-5-6-11(12)13-8-9/h5-6,8,10H,2-4,7H2,1H3,(H2,12,13)/t10-/m0/s1. The Kier molecular flexibility index (Phi) is 2.68. The van der Waals surface area contributed by atoms with Crippen molar-refractivity contribution < 1.29 is 0 Å². The fraction of sp³-hybridized carbons (Fsp3) is 0.545. The molecular formula is C11H17N3. The third-order valence-electron chi connectivity index (χ3n) is 2.96. The minimum absolute atomic E-state index is 0.563. The lowest BCUT2D eigenvalue weighted by Gasteiger charge is -2.22. The van der Waals surface area contributed by atoms with E-state index in [2.05, 4.69) is 22.9 Å². The molecule has 1 aromatic rings. The Hall–Kier alpha value is -1.09. The molecule has 0 bridgehead atoms. The maximum absolute atomic E-state index is 5.57. The highest BCUT2D eigenvalue weighted by Gasteiger charge is 2.24. The predicted octanol–water partition coefficient (Wildman–Crippen LogP) is 1.82. The van der Waals surface area contributed by atoms with Gasteiger partial charge in [-0.1, -0.05) is 13.0 Å². The topological polar surface area (TPSA) is 42.1 Å². The van der Waals surface area contributed by atoms with Gasteiger partial charge in [-0.05, 0) is 37.6 Å². The average molecular weight is 191 g/mol.